The monoisotopic (exact) mass is 200 g/mol. The number of hydrogen-bond acceptors (Lipinski definition) is 3. The Morgan fingerprint density at radius 2 is 2.33 bits per heavy atom. The standard InChI is InChI=1S/C9H12OS2/c10-9(6-12-7-9)3-1-8-2-4-11-5-8/h2,4-5,10H,1,3,6-7H2. The molecule has 0 atom stereocenters. The van der Waals surface area contributed by atoms with E-state index in [0.717, 1.165) is 24.3 Å². The zero-order chi connectivity index (χ0) is 8.44. The van der Waals surface area contributed by atoms with Crippen molar-refractivity contribution in [2.45, 2.75) is 18.4 Å². The summed E-state index contributed by atoms with van der Waals surface area (Å²) in [7, 11) is 0. The van der Waals surface area contributed by atoms with E-state index in [4.69, 9.17) is 0 Å². The van der Waals surface area contributed by atoms with Gasteiger partial charge in [-0.15, -0.1) is 0 Å². The molecule has 1 nitrogen and oxygen atoms in total. The first-order chi connectivity index (χ1) is 5.79. The molecule has 0 saturated carbocycles. The Bertz CT molecular complexity index is 239. The van der Waals surface area contributed by atoms with Crippen LogP contribution in [0.5, 0.6) is 0 Å². The van der Waals surface area contributed by atoms with Gasteiger partial charge in [-0.2, -0.15) is 23.1 Å². The Hall–Kier alpha value is 0.01000. The maximum absolute atomic E-state index is 9.79. The Labute approximate surface area is 80.8 Å². The van der Waals surface area contributed by atoms with Crippen LogP contribution in [-0.4, -0.2) is 22.2 Å². The van der Waals surface area contributed by atoms with Gasteiger partial charge in [0.05, 0.1) is 5.60 Å². The summed E-state index contributed by atoms with van der Waals surface area (Å²) in [5, 5.41) is 14.0. The number of aryl methyl sites for hydroxylation is 1. The topological polar surface area (TPSA) is 20.2 Å². The van der Waals surface area contributed by atoms with E-state index in [-0.39, 0.29) is 5.60 Å². The highest BCUT2D eigenvalue weighted by Gasteiger charge is 2.34. The summed E-state index contributed by atoms with van der Waals surface area (Å²) in [5.41, 5.74) is 1.03. The average molecular weight is 200 g/mol. The van der Waals surface area contributed by atoms with Crippen LogP contribution >= 0.6 is 23.1 Å². The van der Waals surface area contributed by atoms with Crippen molar-refractivity contribution in [1.29, 1.82) is 0 Å². The van der Waals surface area contributed by atoms with Crippen LogP contribution in [0.1, 0.15) is 12.0 Å². The number of aliphatic hydroxyl groups is 1. The van der Waals surface area contributed by atoms with E-state index in [2.05, 4.69) is 16.8 Å². The van der Waals surface area contributed by atoms with Crippen molar-refractivity contribution in [2.75, 3.05) is 11.5 Å². The van der Waals surface area contributed by atoms with E-state index in [1.54, 1.807) is 11.3 Å². The number of thioether (sulfide) groups is 1. The van der Waals surface area contributed by atoms with Gasteiger partial charge in [0.2, 0.25) is 0 Å². The van der Waals surface area contributed by atoms with E-state index in [1.165, 1.54) is 5.56 Å². The molecule has 0 unspecified atom stereocenters. The van der Waals surface area contributed by atoms with Crippen LogP contribution in [0.15, 0.2) is 16.8 Å². The maximum atomic E-state index is 9.79. The fourth-order valence-corrected chi connectivity index (χ4v) is 2.96. The molecule has 0 radical (unpaired) electrons. The van der Waals surface area contributed by atoms with Gasteiger partial charge in [0, 0.05) is 11.5 Å². The van der Waals surface area contributed by atoms with Crippen molar-refractivity contribution < 1.29 is 5.11 Å². The molecular weight excluding hydrogens is 188 g/mol. The molecule has 1 saturated heterocycles. The lowest BCUT2D eigenvalue weighted by Crippen LogP contribution is -2.43. The fraction of sp³-hybridized carbons (Fsp3) is 0.556. The van der Waals surface area contributed by atoms with Crippen molar-refractivity contribution in [3.63, 3.8) is 0 Å². The zero-order valence-electron chi connectivity index (χ0n) is 6.82. The zero-order valence-corrected chi connectivity index (χ0v) is 8.46. The van der Waals surface area contributed by atoms with E-state index in [0.29, 0.717) is 0 Å². The molecule has 3 heteroatoms. The van der Waals surface area contributed by atoms with Gasteiger partial charge in [-0.1, -0.05) is 0 Å². The normalized spacial score (nSPS) is 20.4. The van der Waals surface area contributed by atoms with Crippen LogP contribution in [0.25, 0.3) is 0 Å². The van der Waals surface area contributed by atoms with Crippen LogP contribution in [-0.2, 0) is 6.42 Å². The lowest BCUT2D eigenvalue weighted by molar-refractivity contribution is 0.0698. The summed E-state index contributed by atoms with van der Waals surface area (Å²) >= 11 is 3.56. The molecule has 2 rings (SSSR count). The first-order valence-electron chi connectivity index (χ1n) is 4.10. The minimum Gasteiger partial charge on any atom is -0.388 e. The maximum Gasteiger partial charge on any atom is 0.0830 e. The quantitative estimate of drug-likeness (QED) is 0.807. The van der Waals surface area contributed by atoms with Crippen LogP contribution in [0, 0.1) is 0 Å². The third kappa shape index (κ3) is 1.84. The molecule has 66 valence electrons. The third-order valence-corrected chi connectivity index (χ3v) is 4.42. The summed E-state index contributed by atoms with van der Waals surface area (Å²) in [6, 6.07) is 2.14. The second-order valence-electron chi connectivity index (χ2n) is 3.35. The molecule has 1 N–H and O–H groups in total. The van der Waals surface area contributed by atoms with Gasteiger partial charge in [-0.3, -0.25) is 0 Å². The predicted molar refractivity (Wildman–Crippen MR) is 54.9 cm³/mol. The first-order valence-corrected chi connectivity index (χ1v) is 6.19. The Balaban J connectivity index is 1.82. The lowest BCUT2D eigenvalue weighted by Gasteiger charge is -2.35. The highest BCUT2D eigenvalue weighted by Crippen LogP contribution is 2.33. The summed E-state index contributed by atoms with van der Waals surface area (Å²) in [5.74, 6) is 1.86. The van der Waals surface area contributed by atoms with E-state index in [1.807, 2.05) is 11.8 Å². The molecule has 1 fully saturated rings. The van der Waals surface area contributed by atoms with E-state index >= 15 is 0 Å². The lowest BCUT2D eigenvalue weighted by atomic mass is 9.99. The molecule has 1 aromatic rings. The summed E-state index contributed by atoms with van der Waals surface area (Å²) in [4.78, 5) is 0. The van der Waals surface area contributed by atoms with Crippen LogP contribution < -0.4 is 0 Å². The molecule has 12 heavy (non-hydrogen) atoms. The smallest absolute Gasteiger partial charge is 0.0830 e. The highest BCUT2D eigenvalue weighted by atomic mass is 32.2. The van der Waals surface area contributed by atoms with Gasteiger partial charge in [-0.05, 0) is 35.2 Å². The molecule has 0 aromatic carbocycles. The second kappa shape index (κ2) is 3.40. The summed E-state index contributed by atoms with van der Waals surface area (Å²) in [6.45, 7) is 0. The van der Waals surface area contributed by atoms with Crippen molar-refractivity contribution in [1.82, 2.24) is 0 Å². The van der Waals surface area contributed by atoms with Crippen molar-refractivity contribution >= 4 is 23.1 Å². The SMILES string of the molecule is OC1(CCc2ccsc2)CSC1. The minimum absolute atomic E-state index is 0.341. The van der Waals surface area contributed by atoms with Crippen molar-refractivity contribution in [3.8, 4) is 0 Å². The largest absolute Gasteiger partial charge is 0.388 e. The first kappa shape index (κ1) is 8.60. The molecule has 0 aliphatic carbocycles. The van der Waals surface area contributed by atoms with Gasteiger partial charge in [-0.25, -0.2) is 0 Å². The van der Waals surface area contributed by atoms with Crippen LogP contribution in [0.4, 0.5) is 0 Å². The van der Waals surface area contributed by atoms with Crippen molar-refractivity contribution in [3.05, 3.63) is 22.4 Å². The van der Waals surface area contributed by atoms with Crippen LogP contribution in [0.3, 0.4) is 0 Å². The Morgan fingerprint density at radius 3 is 2.83 bits per heavy atom. The summed E-state index contributed by atoms with van der Waals surface area (Å²) in [6.07, 6.45) is 1.96. The molecule has 1 aliphatic heterocycles. The van der Waals surface area contributed by atoms with Gasteiger partial charge in [0.1, 0.15) is 0 Å². The number of rotatable bonds is 3. The predicted octanol–water partition coefficient (Wildman–Crippen LogP) is 2.16. The number of thiophene rings is 1. The fourth-order valence-electron chi connectivity index (χ4n) is 1.29. The molecular formula is C9H12OS2. The van der Waals surface area contributed by atoms with Gasteiger partial charge in [0.25, 0.3) is 0 Å². The van der Waals surface area contributed by atoms with Gasteiger partial charge >= 0.3 is 0 Å². The minimum atomic E-state index is -0.341. The molecule has 0 spiro atoms. The average Bonchev–Trinajstić information content (AvgIpc) is 2.49. The highest BCUT2D eigenvalue weighted by molar-refractivity contribution is 8.00. The van der Waals surface area contributed by atoms with Gasteiger partial charge < -0.3 is 5.11 Å². The molecule has 1 aliphatic rings. The third-order valence-electron chi connectivity index (χ3n) is 2.20. The van der Waals surface area contributed by atoms with E-state index < -0.39 is 0 Å². The van der Waals surface area contributed by atoms with Crippen molar-refractivity contribution in [2.24, 2.45) is 0 Å². The van der Waals surface area contributed by atoms with E-state index in [9.17, 15) is 5.11 Å². The second-order valence-corrected chi connectivity index (χ2v) is 5.11. The molecule has 0 bridgehead atoms. The molecule has 2 heterocycles. The molecule has 1 aromatic heterocycles. The van der Waals surface area contributed by atoms with Gasteiger partial charge in [0.15, 0.2) is 0 Å². The Morgan fingerprint density at radius 1 is 1.50 bits per heavy atom. The summed E-state index contributed by atoms with van der Waals surface area (Å²) < 4.78 is 0. The Kier molecular flexibility index (Phi) is 2.44. The number of hydrogen-bond donors (Lipinski definition) is 1. The molecule has 0 amide bonds. The van der Waals surface area contributed by atoms with Crippen LogP contribution in [0.2, 0.25) is 0 Å².